The van der Waals surface area contributed by atoms with Crippen LogP contribution in [0.5, 0.6) is 0 Å². The Hall–Kier alpha value is -3.85. The van der Waals surface area contributed by atoms with Crippen molar-refractivity contribution in [1.82, 2.24) is 14.9 Å². The fourth-order valence-electron chi connectivity index (χ4n) is 4.26. The number of nitrogens with zero attached hydrogens (tertiary/aromatic N) is 5. The molecule has 3 aromatic rings. The second-order valence-electron chi connectivity index (χ2n) is 8.05. The van der Waals surface area contributed by atoms with Crippen molar-refractivity contribution in [1.29, 1.82) is 0 Å². The van der Waals surface area contributed by atoms with Crippen LogP contribution in [0.4, 0.5) is 11.5 Å². The number of hydrogen-bond acceptors (Lipinski definition) is 7. The molecule has 1 saturated heterocycles. The Morgan fingerprint density at radius 3 is 2.55 bits per heavy atom. The minimum Gasteiger partial charge on any atom is -0.378 e. The number of benzene rings is 2. The number of nitro benzene ring substituents is 1. The van der Waals surface area contributed by atoms with E-state index in [9.17, 15) is 14.9 Å². The molecule has 0 N–H and O–H groups in total. The molecule has 1 fully saturated rings. The number of aromatic nitrogens is 2. The van der Waals surface area contributed by atoms with Crippen molar-refractivity contribution in [2.75, 3.05) is 37.7 Å². The number of carbonyl (C=O) groups excluding carboxylic acids is 1. The van der Waals surface area contributed by atoms with Gasteiger partial charge in [-0.25, -0.2) is 9.97 Å². The summed E-state index contributed by atoms with van der Waals surface area (Å²) < 4.78 is 5.52. The normalized spacial score (nSPS) is 15.8. The van der Waals surface area contributed by atoms with Crippen LogP contribution in [0.25, 0.3) is 11.4 Å². The Morgan fingerprint density at radius 2 is 1.79 bits per heavy atom. The molecule has 1 aromatic heterocycles. The average molecular weight is 445 g/mol. The van der Waals surface area contributed by atoms with E-state index in [-0.39, 0.29) is 11.6 Å². The van der Waals surface area contributed by atoms with E-state index in [0.29, 0.717) is 44.1 Å². The predicted octanol–water partition coefficient (Wildman–Crippen LogP) is 3.09. The first-order chi connectivity index (χ1) is 16.1. The zero-order valence-corrected chi connectivity index (χ0v) is 18.0. The highest BCUT2D eigenvalue weighted by Gasteiger charge is 2.29. The molecule has 2 aliphatic heterocycles. The summed E-state index contributed by atoms with van der Waals surface area (Å²) in [5.74, 6) is 1.28. The lowest BCUT2D eigenvalue weighted by Crippen LogP contribution is -2.41. The highest BCUT2D eigenvalue weighted by molar-refractivity contribution is 5.95. The molecule has 1 amide bonds. The highest BCUT2D eigenvalue weighted by atomic mass is 16.6. The first-order valence-electron chi connectivity index (χ1n) is 10.9. The fraction of sp³-hybridized carbons (Fsp3) is 0.292. The largest absolute Gasteiger partial charge is 0.378 e. The molecule has 2 aromatic carbocycles. The van der Waals surface area contributed by atoms with Crippen LogP contribution in [0.2, 0.25) is 0 Å². The average Bonchev–Trinajstić information content (AvgIpc) is 2.88. The number of hydrogen-bond donors (Lipinski definition) is 0. The molecule has 0 spiro atoms. The molecular formula is C24H23N5O4. The van der Waals surface area contributed by atoms with Crippen molar-refractivity contribution in [2.24, 2.45) is 0 Å². The van der Waals surface area contributed by atoms with Gasteiger partial charge in [-0.05, 0) is 6.07 Å². The van der Waals surface area contributed by atoms with E-state index in [1.807, 2.05) is 30.3 Å². The van der Waals surface area contributed by atoms with Gasteiger partial charge in [0.15, 0.2) is 5.82 Å². The number of nitro groups is 1. The molecule has 9 heteroatoms. The number of fused-ring (bicyclic) bond motifs is 1. The number of ether oxygens (including phenoxy) is 1. The van der Waals surface area contributed by atoms with E-state index in [1.54, 1.807) is 11.0 Å². The zero-order chi connectivity index (χ0) is 22.8. The molecule has 0 saturated carbocycles. The fourth-order valence-corrected chi connectivity index (χ4v) is 4.26. The number of non-ortho nitro benzene ring substituents is 1. The first kappa shape index (κ1) is 21.0. The molecule has 0 bridgehead atoms. The highest BCUT2D eigenvalue weighted by Crippen LogP contribution is 2.31. The lowest BCUT2D eigenvalue weighted by Gasteiger charge is -2.34. The van der Waals surface area contributed by atoms with Crippen molar-refractivity contribution >= 4 is 17.4 Å². The monoisotopic (exact) mass is 445 g/mol. The molecular weight excluding hydrogens is 422 g/mol. The summed E-state index contributed by atoms with van der Waals surface area (Å²) in [6.45, 7) is 3.53. The summed E-state index contributed by atoms with van der Waals surface area (Å²) in [6, 6.07) is 15.7. The van der Waals surface area contributed by atoms with Crippen LogP contribution in [0.15, 0.2) is 54.6 Å². The Balaban J connectivity index is 1.50. The van der Waals surface area contributed by atoms with Crippen molar-refractivity contribution in [3.63, 3.8) is 0 Å². The zero-order valence-electron chi connectivity index (χ0n) is 18.0. The predicted molar refractivity (Wildman–Crippen MR) is 122 cm³/mol. The molecule has 0 unspecified atom stereocenters. The van der Waals surface area contributed by atoms with Gasteiger partial charge in [-0.3, -0.25) is 14.9 Å². The van der Waals surface area contributed by atoms with Crippen molar-refractivity contribution in [3.05, 3.63) is 81.5 Å². The number of morpholine rings is 1. The molecule has 2 aliphatic rings. The third-order valence-electron chi connectivity index (χ3n) is 5.97. The van der Waals surface area contributed by atoms with Gasteiger partial charge in [0.25, 0.3) is 11.6 Å². The van der Waals surface area contributed by atoms with E-state index in [1.165, 1.54) is 18.2 Å². The molecule has 0 radical (unpaired) electrons. The lowest BCUT2D eigenvalue weighted by molar-refractivity contribution is -0.384. The summed E-state index contributed by atoms with van der Waals surface area (Å²) in [7, 11) is 0. The van der Waals surface area contributed by atoms with E-state index >= 15 is 0 Å². The van der Waals surface area contributed by atoms with Crippen LogP contribution in [0.1, 0.15) is 21.6 Å². The van der Waals surface area contributed by atoms with E-state index in [4.69, 9.17) is 14.7 Å². The van der Waals surface area contributed by atoms with Crippen LogP contribution in [-0.4, -0.2) is 58.5 Å². The molecule has 3 heterocycles. The van der Waals surface area contributed by atoms with Crippen LogP contribution >= 0.6 is 0 Å². The molecule has 9 nitrogen and oxygen atoms in total. The number of amides is 1. The smallest absolute Gasteiger partial charge is 0.270 e. The Labute approximate surface area is 190 Å². The quantitative estimate of drug-likeness (QED) is 0.449. The van der Waals surface area contributed by atoms with Gasteiger partial charge in [-0.15, -0.1) is 0 Å². The molecule has 5 rings (SSSR count). The van der Waals surface area contributed by atoms with Gasteiger partial charge in [0, 0.05) is 54.9 Å². The van der Waals surface area contributed by atoms with Gasteiger partial charge in [0.05, 0.1) is 30.4 Å². The third kappa shape index (κ3) is 4.27. The maximum absolute atomic E-state index is 13.2. The first-order valence-corrected chi connectivity index (χ1v) is 10.9. The van der Waals surface area contributed by atoms with Gasteiger partial charge in [-0.1, -0.05) is 36.4 Å². The number of carbonyl (C=O) groups is 1. The van der Waals surface area contributed by atoms with Crippen molar-refractivity contribution in [3.8, 4) is 11.4 Å². The van der Waals surface area contributed by atoms with E-state index < -0.39 is 4.92 Å². The summed E-state index contributed by atoms with van der Waals surface area (Å²) in [5, 5.41) is 11.1. The van der Waals surface area contributed by atoms with Crippen molar-refractivity contribution in [2.45, 2.75) is 13.0 Å². The Morgan fingerprint density at radius 1 is 1.00 bits per heavy atom. The number of anilines is 1. The number of rotatable bonds is 4. The summed E-state index contributed by atoms with van der Waals surface area (Å²) in [6.07, 6.45) is 0.593. The summed E-state index contributed by atoms with van der Waals surface area (Å²) in [5.41, 5.74) is 3.03. The molecule has 33 heavy (non-hydrogen) atoms. The van der Waals surface area contributed by atoms with E-state index in [2.05, 4.69) is 4.90 Å². The van der Waals surface area contributed by atoms with Crippen LogP contribution in [0.3, 0.4) is 0 Å². The van der Waals surface area contributed by atoms with Crippen LogP contribution < -0.4 is 4.90 Å². The maximum Gasteiger partial charge on any atom is 0.270 e. The standard InChI is InChI=1S/C24H23N5O4/c30-24(18-7-4-8-19(15-18)29(31)32)28-10-9-21-20(16-28)23(27-11-13-33-14-12-27)26-22(25-21)17-5-2-1-3-6-17/h1-8,15H,9-14,16H2. The molecule has 0 atom stereocenters. The minimum absolute atomic E-state index is 0.0944. The summed E-state index contributed by atoms with van der Waals surface area (Å²) >= 11 is 0. The SMILES string of the molecule is O=C(c1cccc([N+](=O)[O-])c1)N1CCc2nc(-c3ccccc3)nc(N3CCOCC3)c2C1. The topological polar surface area (TPSA) is 102 Å². The van der Waals surface area contributed by atoms with Gasteiger partial charge in [0.1, 0.15) is 5.82 Å². The van der Waals surface area contributed by atoms with E-state index in [0.717, 1.165) is 35.7 Å². The van der Waals surface area contributed by atoms with Crippen LogP contribution in [-0.2, 0) is 17.7 Å². The molecule has 168 valence electrons. The molecule has 0 aliphatic carbocycles. The Kier molecular flexibility index (Phi) is 5.70. The van der Waals surface area contributed by atoms with Gasteiger partial charge in [0.2, 0.25) is 0 Å². The Bertz CT molecular complexity index is 1190. The van der Waals surface area contributed by atoms with Gasteiger partial charge >= 0.3 is 0 Å². The van der Waals surface area contributed by atoms with Crippen molar-refractivity contribution < 1.29 is 14.5 Å². The third-order valence-corrected chi connectivity index (χ3v) is 5.97. The maximum atomic E-state index is 13.2. The second-order valence-corrected chi connectivity index (χ2v) is 8.05. The van der Waals surface area contributed by atoms with Gasteiger partial charge < -0.3 is 14.5 Å². The lowest BCUT2D eigenvalue weighted by atomic mass is 10.0. The van der Waals surface area contributed by atoms with Crippen LogP contribution in [0, 0.1) is 10.1 Å². The second kappa shape index (κ2) is 8.95. The summed E-state index contributed by atoms with van der Waals surface area (Å²) in [4.78, 5) is 37.5. The van der Waals surface area contributed by atoms with Gasteiger partial charge in [-0.2, -0.15) is 0 Å². The minimum atomic E-state index is -0.488.